The number of nitrogens with zero attached hydrogens (tertiary/aromatic N) is 4. The van der Waals surface area contributed by atoms with Crippen molar-refractivity contribution in [3.8, 4) is 23.3 Å². The zero-order valence-corrected chi connectivity index (χ0v) is 12.2. The first kappa shape index (κ1) is 15.2. The molecule has 0 fully saturated rings. The molecule has 24 heavy (non-hydrogen) atoms. The Balaban J connectivity index is 1.72. The van der Waals surface area contributed by atoms with Crippen molar-refractivity contribution >= 4 is 5.69 Å². The fourth-order valence-corrected chi connectivity index (χ4v) is 1.98. The third kappa shape index (κ3) is 3.20. The second kappa shape index (κ2) is 6.58. The van der Waals surface area contributed by atoms with Crippen molar-refractivity contribution in [3.05, 3.63) is 70.1 Å². The van der Waals surface area contributed by atoms with E-state index in [2.05, 4.69) is 10.2 Å². The second-order valence-electron chi connectivity index (χ2n) is 4.70. The van der Waals surface area contributed by atoms with Crippen LogP contribution in [0.2, 0.25) is 0 Å². The van der Waals surface area contributed by atoms with E-state index in [1.54, 1.807) is 24.3 Å². The Morgan fingerprint density at radius 1 is 1.17 bits per heavy atom. The van der Waals surface area contributed by atoms with E-state index < -0.39 is 4.92 Å². The highest BCUT2D eigenvalue weighted by Crippen LogP contribution is 2.22. The monoisotopic (exact) mass is 322 g/mol. The molecule has 8 heteroatoms. The van der Waals surface area contributed by atoms with Gasteiger partial charge in [-0.1, -0.05) is 12.1 Å². The van der Waals surface area contributed by atoms with Gasteiger partial charge in [-0.05, 0) is 24.3 Å². The van der Waals surface area contributed by atoms with Gasteiger partial charge < -0.3 is 9.15 Å². The van der Waals surface area contributed by atoms with Crippen LogP contribution in [0.5, 0.6) is 5.75 Å². The zero-order chi connectivity index (χ0) is 16.9. The molecule has 0 saturated heterocycles. The van der Waals surface area contributed by atoms with Gasteiger partial charge in [0.05, 0.1) is 10.5 Å². The molecule has 1 heterocycles. The van der Waals surface area contributed by atoms with Gasteiger partial charge in [-0.25, -0.2) is 0 Å². The molecule has 0 N–H and O–H groups in total. The minimum absolute atomic E-state index is 0.0126. The summed E-state index contributed by atoms with van der Waals surface area (Å²) < 4.78 is 11.0. The lowest BCUT2D eigenvalue weighted by atomic mass is 10.2. The molecule has 0 spiro atoms. The maximum Gasteiger partial charge on any atom is 0.269 e. The van der Waals surface area contributed by atoms with Crippen LogP contribution in [0, 0.1) is 21.4 Å². The molecule has 118 valence electrons. The Morgan fingerprint density at radius 3 is 2.62 bits per heavy atom. The number of para-hydroxylation sites is 1. The molecule has 0 aliphatic rings. The number of hydrogen-bond donors (Lipinski definition) is 0. The molecule has 0 amide bonds. The Hall–Kier alpha value is -3.73. The SMILES string of the molecule is N#Cc1ccccc1OCc1nnc(-c2ccc([N+](=O)[O-])cc2)o1. The Morgan fingerprint density at radius 2 is 1.92 bits per heavy atom. The van der Waals surface area contributed by atoms with E-state index in [1.807, 2.05) is 6.07 Å². The molecule has 0 aliphatic carbocycles. The number of benzene rings is 2. The van der Waals surface area contributed by atoms with Crippen LogP contribution >= 0.6 is 0 Å². The zero-order valence-electron chi connectivity index (χ0n) is 12.2. The van der Waals surface area contributed by atoms with E-state index in [0.29, 0.717) is 16.9 Å². The van der Waals surface area contributed by atoms with E-state index in [9.17, 15) is 10.1 Å². The van der Waals surface area contributed by atoms with Gasteiger partial charge in [-0.2, -0.15) is 5.26 Å². The first-order valence-corrected chi connectivity index (χ1v) is 6.86. The van der Waals surface area contributed by atoms with Crippen LogP contribution in [0.4, 0.5) is 5.69 Å². The van der Waals surface area contributed by atoms with Gasteiger partial charge >= 0.3 is 0 Å². The van der Waals surface area contributed by atoms with Gasteiger partial charge in [0.25, 0.3) is 11.6 Å². The van der Waals surface area contributed by atoms with E-state index in [4.69, 9.17) is 14.4 Å². The van der Waals surface area contributed by atoms with Crippen LogP contribution in [-0.2, 0) is 6.61 Å². The van der Waals surface area contributed by atoms with Crippen LogP contribution in [-0.4, -0.2) is 15.1 Å². The molecule has 0 unspecified atom stereocenters. The summed E-state index contributed by atoms with van der Waals surface area (Å²) >= 11 is 0. The predicted octanol–water partition coefficient (Wildman–Crippen LogP) is 3.10. The normalized spacial score (nSPS) is 10.1. The number of nitro groups is 1. The first-order chi connectivity index (χ1) is 11.7. The van der Waals surface area contributed by atoms with Crippen LogP contribution in [0.15, 0.2) is 52.9 Å². The number of rotatable bonds is 5. The average Bonchev–Trinajstić information content (AvgIpc) is 3.09. The summed E-state index contributed by atoms with van der Waals surface area (Å²) in [5, 5.41) is 27.4. The van der Waals surface area contributed by atoms with Gasteiger partial charge in [0.15, 0.2) is 6.61 Å². The van der Waals surface area contributed by atoms with Crippen molar-refractivity contribution in [3.63, 3.8) is 0 Å². The summed E-state index contributed by atoms with van der Waals surface area (Å²) in [6, 6.07) is 14.6. The average molecular weight is 322 g/mol. The number of aromatic nitrogens is 2. The summed E-state index contributed by atoms with van der Waals surface area (Å²) in [6.07, 6.45) is 0. The van der Waals surface area contributed by atoms with Crippen molar-refractivity contribution in [2.75, 3.05) is 0 Å². The van der Waals surface area contributed by atoms with E-state index in [1.165, 1.54) is 24.3 Å². The van der Waals surface area contributed by atoms with Crippen molar-refractivity contribution in [1.29, 1.82) is 5.26 Å². The first-order valence-electron chi connectivity index (χ1n) is 6.86. The van der Waals surface area contributed by atoms with Crippen molar-refractivity contribution < 1.29 is 14.1 Å². The molecule has 3 rings (SSSR count). The second-order valence-corrected chi connectivity index (χ2v) is 4.70. The van der Waals surface area contributed by atoms with E-state index in [0.717, 1.165) is 0 Å². The summed E-state index contributed by atoms with van der Waals surface area (Å²) in [5.41, 5.74) is 0.958. The number of nitriles is 1. The Bertz CT molecular complexity index is 912. The van der Waals surface area contributed by atoms with Crippen molar-refractivity contribution in [2.45, 2.75) is 6.61 Å². The maximum absolute atomic E-state index is 10.6. The highest BCUT2D eigenvalue weighted by Gasteiger charge is 2.12. The van der Waals surface area contributed by atoms with Crippen molar-refractivity contribution in [1.82, 2.24) is 10.2 Å². The van der Waals surface area contributed by atoms with Crippen LogP contribution in [0.3, 0.4) is 0 Å². The molecule has 0 bridgehead atoms. The Labute approximate surface area is 136 Å². The maximum atomic E-state index is 10.6. The molecule has 0 saturated carbocycles. The lowest BCUT2D eigenvalue weighted by Gasteiger charge is -2.04. The molecule has 0 radical (unpaired) electrons. The molecular weight excluding hydrogens is 312 g/mol. The van der Waals surface area contributed by atoms with E-state index >= 15 is 0 Å². The summed E-state index contributed by atoms with van der Waals surface area (Å²) in [7, 11) is 0. The number of non-ortho nitro benzene ring substituents is 1. The smallest absolute Gasteiger partial charge is 0.269 e. The molecular formula is C16H10N4O4. The van der Waals surface area contributed by atoms with Gasteiger partial charge in [0.2, 0.25) is 5.89 Å². The third-order valence-electron chi connectivity index (χ3n) is 3.15. The van der Waals surface area contributed by atoms with Crippen LogP contribution in [0.25, 0.3) is 11.5 Å². The van der Waals surface area contributed by atoms with Crippen molar-refractivity contribution in [2.24, 2.45) is 0 Å². The molecule has 1 aromatic heterocycles. The fraction of sp³-hybridized carbons (Fsp3) is 0.0625. The summed E-state index contributed by atoms with van der Waals surface area (Å²) in [4.78, 5) is 10.2. The molecule has 3 aromatic rings. The number of nitro benzene ring substituents is 1. The van der Waals surface area contributed by atoms with Crippen LogP contribution in [0.1, 0.15) is 11.5 Å². The van der Waals surface area contributed by atoms with Crippen LogP contribution < -0.4 is 4.74 Å². The topological polar surface area (TPSA) is 115 Å². The molecule has 8 nitrogen and oxygen atoms in total. The minimum Gasteiger partial charge on any atom is -0.482 e. The lowest BCUT2D eigenvalue weighted by Crippen LogP contribution is -1.97. The third-order valence-corrected chi connectivity index (χ3v) is 3.15. The Kier molecular flexibility index (Phi) is 4.16. The van der Waals surface area contributed by atoms with Gasteiger partial charge in [0.1, 0.15) is 11.8 Å². The summed E-state index contributed by atoms with van der Waals surface area (Å²) in [5.74, 6) is 0.892. The van der Waals surface area contributed by atoms with E-state index in [-0.39, 0.29) is 24.1 Å². The van der Waals surface area contributed by atoms with Gasteiger partial charge in [-0.15, -0.1) is 10.2 Å². The quantitative estimate of drug-likeness (QED) is 0.523. The molecule has 0 atom stereocenters. The van der Waals surface area contributed by atoms with Gasteiger partial charge in [0, 0.05) is 17.7 Å². The summed E-state index contributed by atoms with van der Waals surface area (Å²) in [6.45, 7) is 0.0126. The number of hydrogen-bond acceptors (Lipinski definition) is 7. The fourth-order valence-electron chi connectivity index (χ4n) is 1.98. The van der Waals surface area contributed by atoms with Gasteiger partial charge in [-0.3, -0.25) is 10.1 Å². The minimum atomic E-state index is -0.483. The molecule has 0 aliphatic heterocycles. The number of ether oxygens (including phenoxy) is 1. The largest absolute Gasteiger partial charge is 0.482 e. The highest BCUT2D eigenvalue weighted by molar-refractivity contribution is 5.55. The highest BCUT2D eigenvalue weighted by atomic mass is 16.6. The molecule has 2 aromatic carbocycles. The predicted molar refractivity (Wildman–Crippen MR) is 81.9 cm³/mol. The standard InChI is InChI=1S/C16H10N4O4/c17-9-12-3-1-2-4-14(12)23-10-15-18-19-16(24-15)11-5-7-13(8-6-11)20(21)22/h1-8H,10H2. The lowest BCUT2D eigenvalue weighted by molar-refractivity contribution is -0.384.